The molecule has 1 unspecified atom stereocenters. The smallest absolute Gasteiger partial charge is 0.244 e. The maximum absolute atomic E-state index is 12.0. The van der Waals surface area contributed by atoms with Gasteiger partial charge in [-0.05, 0) is 54.5 Å². The molecular weight excluding hydrogens is 420 g/mol. The molecule has 0 fully saturated rings. The van der Waals surface area contributed by atoms with Crippen LogP contribution in [0.3, 0.4) is 0 Å². The standard InChI is InChI=1S/C23H19ClN2O3S/c1-13(27)20-4-5-21(30-20)15-8-16-9-18(29-22(16)19(24)11-15)10-17(23(25)28)7-14-3-2-6-26-12-14/h2-8,11-12,18H,9-10H2,1H3,(H2,25,28)/b17-7-. The van der Waals surface area contributed by atoms with Crippen molar-refractivity contribution in [1.29, 1.82) is 0 Å². The monoisotopic (exact) mass is 438 g/mol. The van der Waals surface area contributed by atoms with Crippen LogP contribution in [0.15, 0.2) is 54.4 Å². The van der Waals surface area contributed by atoms with E-state index in [1.165, 1.54) is 11.3 Å². The van der Waals surface area contributed by atoms with Crippen LogP contribution >= 0.6 is 22.9 Å². The van der Waals surface area contributed by atoms with E-state index in [1.54, 1.807) is 31.5 Å². The summed E-state index contributed by atoms with van der Waals surface area (Å²) in [6.07, 6.45) is 5.84. The van der Waals surface area contributed by atoms with Gasteiger partial charge < -0.3 is 10.5 Å². The minimum atomic E-state index is -0.486. The Kier molecular flexibility index (Phi) is 5.70. The maximum Gasteiger partial charge on any atom is 0.244 e. The predicted molar refractivity (Wildman–Crippen MR) is 119 cm³/mol. The Morgan fingerprint density at radius 1 is 1.33 bits per heavy atom. The van der Waals surface area contributed by atoms with Crippen molar-refractivity contribution < 1.29 is 14.3 Å². The van der Waals surface area contributed by atoms with Crippen LogP contribution in [0, 0.1) is 0 Å². The number of fused-ring (bicyclic) bond motifs is 1. The van der Waals surface area contributed by atoms with Crippen LogP contribution < -0.4 is 10.5 Å². The number of amides is 1. The fourth-order valence-electron chi connectivity index (χ4n) is 3.46. The SMILES string of the molecule is CC(=O)c1ccc(-c2cc(Cl)c3c(c2)CC(C/C(=C/c2cccnc2)C(N)=O)O3)s1. The van der Waals surface area contributed by atoms with Crippen molar-refractivity contribution in [3.63, 3.8) is 0 Å². The Morgan fingerprint density at radius 3 is 2.83 bits per heavy atom. The van der Waals surface area contributed by atoms with Gasteiger partial charge in [0.2, 0.25) is 5.91 Å². The van der Waals surface area contributed by atoms with Crippen molar-refractivity contribution >= 4 is 40.7 Å². The molecule has 1 aliphatic heterocycles. The molecule has 0 radical (unpaired) electrons. The molecule has 1 aromatic carbocycles. The molecule has 3 aromatic rings. The van der Waals surface area contributed by atoms with Gasteiger partial charge in [0, 0.05) is 41.2 Å². The van der Waals surface area contributed by atoms with E-state index in [9.17, 15) is 9.59 Å². The Hall–Kier alpha value is -2.96. The van der Waals surface area contributed by atoms with Gasteiger partial charge in [-0.2, -0.15) is 0 Å². The lowest BCUT2D eigenvalue weighted by molar-refractivity contribution is -0.114. The number of aromatic nitrogens is 1. The molecule has 2 aromatic heterocycles. The topological polar surface area (TPSA) is 82.3 Å². The van der Waals surface area contributed by atoms with Gasteiger partial charge in [0.25, 0.3) is 0 Å². The summed E-state index contributed by atoms with van der Waals surface area (Å²) in [7, 11) is 0. The number of hydrogen-bond acceptors (Lipinski definition) is 5. The molecule has 0 saturated carbocycles. The average Bonchev–Trinajstić information content (AvgIpc) is 3.35. The predicted octanol–water partition coefficient (Wildman–Crippen LogP) is 4.93. The molecule has 0 aliphatic carbocycles. The first kappa shape index (κ1) is 20.3. The van der Waals surface area contributed by atoms with Crippen molar-refractivity contribution in [3.05, 3.63) is 75.4 Å². The van der Waals surface area contributed by atoms with Crippen molar-refractivity contribution in [2.45, 2.75) is 25.9 Å². The first-order valence-corrected chi connectivity index (χ1v) is 10.6. The van der Waals surface area contributed by atoms with Gasteiger partial charge in [0.1, 0.15) is 11.9 Å². The van der Waals surface area contributed by atoms with E-state index in [-0.39, 0.29) is 11.9 Å². The Balaban J connectivity index is 1.56. The largest absolute Gasteiger partial charge is 0.488 e. The molecule has 0 saturated heterocycles. The highest BCUT2D eigenvalue weighted by Crippen LogP contribution is 2.42. The zero-order chi connectivity index (χ0) is 21.3. The molecule has 5 nitrogen and oxygen atoms in total. The molecule has 0 bridgehead atoms. The lowest BCUT2D eigenvalue weighted by Gasteiger charge is -2.12. The van der Waals surface area contributed by atoms with Crippen LogP contribution in [0.5, 0.6) is 5.75 Å². The lowest BCUT2D eigenvalue weighted by Crippen LogP contribution is -2.21. The van der Waals surface area contributed by atoms with E-state index < -0.39 is 5.91 Å². The number of pyridine rings is 1. The van der Waals surface area contributed by atoms with Crippen LogP contribution in [-0.2, 0) is 11.2 Å². The first-order valence-electron chi connectivity index (χ1n) is 9.41. The molecule has 1 atom stereocenters. The molecular formula is C23H19ClN2O3S. The Morgan fingerprint density at radius 2 is 2.17 bits per heavy atom. The number of nitrogens with zero attached hydrogens (tertiary/aromatic N) is 1. The highest BCUT2D eigenvalue weighted by Gasteiger charge is 2.28. The number of rotatable bonds is 6. The molecule has 152 valence electrons. The van der Waals surface area contributed by atoms with Crippen LogP contribution in [0.1, 0.15) is 34.1 Å². The molecule has 1 amide bonds. The third-order valence-corrected chi connectivity index (χ3v) is 6.40. The number of nitrogens with two attached hydrogens (primary N) is 1. The molecule has 2 N–H and O–H groups in total. The van der Waals surface area contributed by atoms with Crippen LogP contribution in [-0.4, -0.2) is 22.8 Å². The lowest BCUT2D eigenvalue weighted by atomic mass is 10.00. The number of primary amides is 1. The van der Waals surface area contributed by atoms with Crippen molar-refractivity contribution in [2.24, 2.45) is 5.73 Å². The summed E-state index contributed by atoms with van der Waals surface area (Å²) in [4.78, 5) is 29.3. The molecule has 7 heteroatoms. The molecule has 3 heterocycles. The molecule has 0 spiro atoms. The summed E-state index contributed by atoms with van der Waals surface area (Å²) < 4.78 is 6.04. The second kappa shape index (κ2) is 8.42. The first-order chi connectivity index (χ1) is 14.4. The average molecular weight is 439 g/mol. The summed E-state index contributed by atoms with van der Waals surface area (Å²) in [5.41, 5.74) is 8.79. The number of halogens is 1. The zero-order valence-corrected chi connectivity index (χ0v) is 17.8. The maximum atomic E-state index is 12.0. The number of benzene rings is 1. The molecule has 30 heavy (non-hydrogen) atoms. The minimum Gasteiger partial charge on any atom is -0.488 e. The second-order valence-electron chi connectivity index (χ2n) is 7.13. The number of thiophene rings is 1. The Bertz CT molecular complexity index is 1150. The van der Waals surface area contributed by atoms with Gasteiger partial charge in [-0.15, -0.1) is 11.3 Å². The number of ether oxygens (including phenoxy) is 1. The fraction of sp³-hybridized carbons (Fsp3) is 0.174. The molecule has 1 aliphatic rings. The van der Waals surface area contributed by atoms with E-state index in [0.717, 1.165) is 21.6 Å². The van der Waals surface area contributed by atoms with Crippen molar-refractivity contribution in [2.75, 3.05) is 0 Å². The molecule has 4 rings (SSSR count). The van der Waals surface area contributed by atoms with Gasteiger partial charge in [-0.3, -0.25) is 14.6 Å². The van der Waals surface area contributed by atoms with Gasteiger partial charge >= 0.3 is 0 Å². The van der Waals surface area contributed by atoms with Gasteiger partial charge in [-0.1, -0.05) is 17.7 Å². The number of carbonyl (C=O) groups excluding carboxylic acids is 2. The van der Waals surface area contributed by atoms with Gasteiger partial charge in [-0.25, -0.2) is 0 Å². The summed E-state index contributed by atoms with van der Waals surface area (Å²) in [5, 5.41) is 0.514. The summed E-state index contributed by atoms with van der Waals surface area (Å²) in [6, 6.07) is 11.3. The zero-order valence-electron chi connectivity index (χ0n) is 16.2. The van der Waals surface area contributed by atoms with Gasteiger partial charge in [0.05, 0.1) is 9.90 Å². The summed E-state index contributed by atoms with van der Waals surface area (Å²) in [5.74, 6) is 0.195. The second-order valence-corrected chi connectivity index (χ2v) is 8.63. The number of ketones is 1. The van der Waals surface area contributed by atoms with Crippen LogP contribution in [0.25, 0.3) is 16.5 Å². The van der Waals surface area contributed by atoms with Crippen molar-refractivity contribution in [3.8, 4) is 16.2 Å². The highest BCUT2D eigenvalue weighted by atomic mass is 35.5. The number of hydrogen-bond donors (Lipinski definition) is 1. The number of Topliss-reactive ketones (excluding diaryl/α,β-unsaturated/α-hetero) is 1. The van der Waals surface area contributed by atoms with Crippen LogP contribution in [0.2, 0.25) is 5.02 Å². The van der Waals surface area contributed by atoms with E-state index in [2.05, 4.69) is 4.98 Å². The quantitative estimate of drug-likeness (QED) is 0.437. The Labute approximate surface area is 183 Å². The third kappa shape index (κ3) is 4.30. The summed E-state index contributed by atoms with van der Waals surface area (Å²) >= 11 is 7.93. The third-order valence-electron chi connectivity index (χ3n) is 4.88. The number of carbonyl (C=O) groups is 2. The van der Waals surface area contributed by atoms with Crippen molar-refractivity contribution in [1.82, 2.24) is 4.98 Å². The highest BCUT2D eigenvalue weighted by molar-refractivity contribution is 7.17. The van der Waals surface area contributed by atoms with E-state index in [0.29, 0.717) is 34.1 Å². The van der Waals surface area contributed by atoms with Crippen LogP contribution in [0.4, 0.5) is 0 Å². The van der Waals surface area contributed by atoms with E-state index >= 15 is 0 Å². The summed E-state index contributed by atoms with van der Waals surface area (Å²) in [6.45, 7) is 1.55. The fourth-order valence-corrected chi connectivity index (χ4v) is 4.64. The van der Waals surface area contributed by atoms with E-state index in [4.69, 9.17) is 22.1 Å². The van der Waals surface area contributed by atoms with Gasteiger partial charge in [0.15, 0.2) is 5.78 Å². The normalized spacial score (nSPS) is 15.5. The van der Waals surface area contributed by atoms with E-state index in [1.807, 2.05) is 30.3 Å². The minimum absolute atomic E-state index is 0.0429.